The van der Waals surface area contributed by atoms with Crippen molar-refractivity contribution < 1.29 is 19.1 Å². The van der Waals surface area contributed by atoms with E-state index < -0.39 is 6.04 Å². The molecule has 1 atom stereocenters. The molecule has 2 heterocycles. The molecule has 0 spiro atoms. The molecule has 150 valence electrons. The summed E-state index contributed by atoms with van der Waals surface area (Å²) in [5.74, 6) is -0.354. The number of carbonyl (C=O) groups excluding carboxylic acids is 3. The first-order valence-electron chi connectivity index (χ1n) is 9.34. The molecule has 1 fully saturated rings. The van der Waals surface area contributed by atoms with E-state index in [4.69, 9.17) is 16.3 Å². The van der Waals surface area contributed by atoms with Crippen LogP contribution in [0.4, 0.5) is 11.4 Å². The molecule has 0 aliphatic carbocycles. The fourth-order valence-electron chi connectivity index (χ4n) is 3.88. The van der Waals surface area contributed by atoms with Gasteiger partial charge in [0.15, 0.2) is 0 Å². The Morgan fingerprint density at radius 1 is 1.24 bits per heavy atom. The fraction of sp³-hybridized carbons (Fsp3) is 0.286. The topological polar surface area (TPSA) is 79.0 Å². The average molecular weight is 414 g/mol. The van der Waals surface area contributed by atoms with Gasteiger partial charge in [-0.2, -0.15) is 0 Å². The molecule has 0 radical (unpaired) electrons. The Bertz CT molecular complexity index is 994. The molecule has 0 saturated carbocycles. The second kappa shape index (κ2) is 7.75. The number of carbonyl (C=O) groups is 3. The normalized spacial score (nSPS) is 18.2. The predicted octanol–water partition coefficient (Wildman–Crippen LogP) is 2.94. The highest BCUT2D eigenvalue weighted by Crippen LogP contribution is 2.34. The highest BCUT2D eigenvalue weighted by Gasteiger charge is 2.42. The monoisotopic (exact) mass is 413 g/mol. The maximum absolute atomic E-state index is 13.2. The van der Waals surface area contributed by atoms with Gasteiger partial charge in [-0.1, -0.05) is 23.7 Å². The van der Waals surface area contributed by atoms with E-state index in [1.165, 1.54) is 12.0 Å². The van der Waals surface area contributed by atoms with E-state index in [2.05, 4.69) is 5.32 Å². The summed E-state index contributed by atoms with van der Waals surface area (Å²) < 4.78 is 5.26. The molecule has 2 aromatic rings. The summed E-state index contributed by atoms with van der Waals surface area (Å²) >= 11 is 6.10. The zero-order valence-corrected chi connectivity index (χ0v) is 16.6. The maximum Gasteiger partial charge on any atom is 0.256 e. The minimum Gasteiger partial charge on any atom is -0.495 e. The van der Waals surface area contributed by atoms with E-state index in [-0.39, 0.29) is 24.3 Å². The number of nitrogens with one attached hydrogen (secondary N) is 1. The molecular weight excluding hydrogens is 394 g/mol. The van der Waals surface area contributed by atoms with E-state index in [1.807, 2.05) is 0 Å². The molecule has 29 heavy (non-hydrogen) atoms. The van der Waals surface area contributed by atoms with Crippen LogP contribution < -0.4 is 15.0 Å². The van der Waals surface area contributed by atoms with Gasteiger partial charge < -0.3 is 19.9 Å². The van der Waals surface area contributed by atoms with E-state index in [1.54, 1.807) is 47.4 Å². The summed E-state index contributed by atoms with van der Waals surface area (Å²) in [7, 11) is 1.52. The van der Waals surface area contributed by atoms with Crippen LogP contribution in [0, 0.1) is 0 Å². The van der Waals surface area contributed by atoms with Gasteiger partial charge in [0, 0.05) is 11.6 Å². The number of methoxy groups -OCH3 is 1. The summed E-state index contributed by atoms with van der Waals surface area (Å²) in [6.07, 6.45) is 1.33. The number of hydrogen-bond acceptors (Lipinski definition) is 4. The largest absolute Gasteiger partial charge is 0.495 e. The Hall–Kier alpha value is -3.06. The van der Waals surface area contributed by atoms with Crippen LogP contribution in [-0.2, 0) is 9.59 Å². The molecular formula is C21H20ClN3O4. The highest BCUT2D eigenvalue weighted by molar-refractivity contribution is 6.31. The number of rotatable bonds is 4. The van der Waals surface area contributed by atoms with Crippen LogP contribution in [0.2, 0.25) is 5.02 Å². The first-order chi connectivity index (χ1) is 14.0. The van der Waals surface area contributed by atoms with E-state index in [9.17, 15) is 14.4 Å². The molecule has 2 aliphatic rings. The van der Waals surface area contributed by atoms with E-state index in [0.29, 0.717) is 40.7 Å². The van der Waals surface area contributed by atoms with Crippen molar-refractivity contribution in [2.45, 2.75) is 18.9 Å². The second-order valence-electron chi connectivity index (χ2n) is 6.99. The summed E-state index contributed by atoms with van der Waals surface area (Å²) in [4.78, 5) is 41.9. The van der Waals surface area contributed by atoms with Crippen molar-refractivity contribution >= 4 is 40.7 Å². The Morgan fingerprint density at radius 3 is 2.83 bits per heavy atom. The summed E-state index contributed by atoms with van der Waals surface area (Å²) in [5, 5.41) is 3.18. The maximum atomic E-state index is 13.2. The average Bonchev–Trinajstić information content (AvgIpc) is 3.19. The lowest BCUT2D eigenvalue weighted by Crippen LogP contribution is -2.47. The van der Waals surface area contributed by atoms with Crippen LogP contribution >= 0.6 is 11.6 Å². The third kappa shape index (κ3) is 3.53. The number of para-hydroxylation sites is 2. The van der Waals surface area contributed by atoms with Crippen molar-refractivity contribution in [3.8, 4) is 5.75 Å². The van der Waals surface area contributed by atoms with Gasteiger partial charge in [0.25, 0.3) is 5.91 Å². The minimum atomic E-state index is -0.562. The van der Waals surface area contributed by atoms with Gasteiger partial charge in [-0.05, 0) is 43.2 Å². The molecule has 2 aliphatic heterocycles. The molecule has 8 heteroatoms. The lowest BCUT2D eigenvalue weighted by molar-refractivity contribution is -0.124. The van der Waals surface area contributed by atoms with Gasteiger partial charge in [0.05, 0.1) is 24.0 Å². The zero-order chi connectivity index (χ0) is 20.5. The van der Waals surface area contributed by atoms with Gasteiger partial charge in [-0.3, -0.25) is 14.4 Å². The zero-order valence-electron chi connectivity index (χ0n) is 15.9. The molecule has 3 amide bonds. The number of amides is 3. The van der Waals surface area contributed by atoms with Crippen LogP contribution in [0.3, 0.4) is 0 Å². The van der Waals surface area contributed by atoms with E-state index >= 15 is 0 Å². The molecule has 7 nitrogen and oxygen atoms in total. The van der Waals surface area contributed by atoms with Gasteiger partial charge in [-0.15, -0.1) is 0 Å². The quantitative estimate of drug-likeness (QED) is 0.835. The Labute approximate surface area is 173 Å². The molecule has 4 rings (SSSR count). The number of ether oxygens (including phenoxy) is 1. The van der Waals surface area contributed by atoms with Gasteiger partial charge in [0.1, 0.15) is 18.3 Å². The lowest BCUT2D eigenvalue weighted by Gasteiger charge is -2.25. The molecule has 0 aromatic heterocycles. The fourth-order valence-corrected chi connectivity index (χ4v) is 4.05. The molecule has 1 N–H and O–H groups in total. The summed E-state index contributed by atoms with van der Waals surface area (Å²) in [6.45, 7) is 0.297. The van der Waals surface area contributed by atoms with Crippen LogP contribution in [0.15, 0.2) is 42.5 Å². The van der Waals surface area contributed by atoms with Gasteiger partial charge in [-0.25, -0.2) is 0 Å². The van der Waals surface area contributed by atoms with Crippen LogP contribution in [0.5, 0.6) is 5.75 Å². The molecule has 1 saturated heterocycles. The van der Waals surface area contributed by atoms with Crippen LogP contribution in [0.1, 0.15) is 23.2 Å². The Kier molecular flexibility index (Phi) is 5.15. The van der Waals surface area contributed by atoms with Crippen molar-refractivity contribution in [2.75, 3.05) is 30.4 Å². The number of hydrogen-bond donors (Lipinski definition) is 1. The first-order valence-corrected chi connectivity index (χ1v) is 9.72. The Balaban J connectivity index is 1.66. The number of fused-ring (bicyclic) bond motifs is 2. The number of nitrogens with zero attached hydrogens (tertiary/aromatic N) is 2. The van der Waals surface area contributed by atoms with Gasteiger partial charge >= 0.3 is 0 Å². The summed E-state index contributed by atoms with van der Waals surface area (Å²) in [5.41, 5.74) is 1.24. The lowest BCUT2D eigenvalue weighted by atomic mass is 10.1. The number of anilines is 2. The Morgan fingerprint density at radius 2 is 2.03 bits per heavy atom. The SMILES string of the molecule is COc1ccccc1NC(=O)CN1C(=O)C2CCCN2C(=O)c2cc(Cl)ccc21. The first kappa shape index (κ1) is 19.3. The summed E-state index contributed by atoms with van der Waals surface area (Å²) in [6, 6.07) is 11.3. The third-order valence-electron chi connectivity index (χ3n) is 5.23. The van der Waals surface area contributed by atoms with E-state index in [0.717, 1.165) is 6.42 Å². The predicted molar refractivity (Wildman–Crippen MR) is 109 cm³/mol. The molecule has 2 aromatic carbocycles. The minimum absolute atomic E-state index is 0.219. The van der Waals surface area contributed by atoms with Crippen molar-refractivity contribution in [3.63, 3.8) is 0 Å². The number of halogens is 1. The standard InChI is InChI=1S/C21H20ClN3O4/c1-29-18-7-3-2-5-15(18)23-19(26)12-25-16-9-8-13(22)11-14(16)20(27)24-10-4-6-17(24)21(25)28/h2-3,5,7-9,11,17H,4,6,10,12H2,1H3,(H,23,26). The highest BCUT2D eigenvalue weighted by atomic mass is 35.5. The molecule has 0 bridgehead atoms. The third-order valence-corrected chi connectivity index (χ3v) is 5.46. The van der Waals surface area contributed by atoms with Gasteiger partial charge in [0.2, 0.25) is 11.8 Å². The second-order valence-corrected chi connectivity index (χ2v) is 7.43. The smallest absolute Gasteiger partial charge is 0.256 e. The van der Waals surface area contributed by atoms with Crippen molar-refractivity contribution in [1.82, 2.24) is 4.90 Å². The van der Waals surface area contributed by atoms with Crippen LogP contribution in [-0.4, -0.2) is 48.9 Å². The van der Waals surface area contributed by atoms with Crippen LogP contribution in [0.25, 0.3) is 0 Å². The van der Waals surface area contributed by atoms with Crippen molar-refractivity contribution in [3.05, 3.63) is 53.1 Å². The molecule has 1 unspecified atom stereocenters. The van der Waals surface area contributed by atoms with Crippen molar-refractivity contribution in [1.29, 1.82) is 0 Å². The van der Waals surface area contributed by atoms with Crippen molar-refractivity contribution in [2.24, 2.45) is 0 Å². The number of benzene rings is 2.